The minimum absolute atomic E-state index is 0.190. The number of hydrogen-bond donors (Lipinski definition) is 0. The molecule has 0 unspecified atom stereocenters. The zero-order chi connectivity index (χ0) is 9.42. The second kappa shape index (κ2) is 2.87. The van der Waals surface area contributed by atoms with E-state index in [1.807, 2.05) is 36.9 Å². The van der Waals surface area contributed by atoms with Gasteiger partial charge >= 0.3 is 0 Å². The number of fused-ring (bicyclic) bond motifs is 1. The Morgan fingerprint density at radius 1 is 1.46 bits per heavy atom. The molecule has 0 saturated carbocycles. The lowest BCUT2D eigenvalue weighted by atomic mass is 10.0. The normalized spacial score (nSPS) is 14.9. The molecule has 2 rings (SSSR count). The number of aryl methyl sites for hydroxylation is 1. The molecule has 0 aromatic heterocycles. The number of hydrogen-bond acceptors (Lipinski definition) is 1. The van der Waals surface area contributed by atoms with E-state index in [1.54, 1.807) is 0 Å². The van der Waals surface area contributed by atoms with Crippen molar-refractivity contribution < 1.29 is 4.79 Å². The van der Waals surface area contributed by atoms with Crippen molar-refractivity contribution in [2.24, 2.45) is 0 Å². The molecule has 1 aliphatic rings. The van der Waals surface area contributed by atoms with E-state index >= 15 is 0 Å². The second-order valence-corrected chi connectivity index (χ2v) is 3.43. The molecule has 2 nitrogen and oxygen atoms in total. The maximum atomic E-state index is 11.8. The fraction of sp³-hybridized carbons (Fsp3) is 0.364. The summed E-state index contributed by atoms with van der Waals surface area (Å²) < 4.78 is 0. The molecule has 0 saturated heterocycles. The quantitative estimate of drug-likeness (QED) is 0.639. The highest BCUT2D eigenvalue weighted by atomic mass is 16.2. The molecule has 0 fully saturated rings. The van der Waals surface area contributed by atoms with Crippen LogP contribution in [0, 0.1) is 6.92 Å². The number of amides is 1. The van der Waals surface area contributed by atoms with Crippen LogP contribution in [0.15, 0.2) is 18.2 Å². The van der Waals surface area contributed by atoms with Crippen molar-refractivity contribution in [3.63, 3.8) is 0 Å². The van der Waals surface area contributed by atoms with Gasteiger partial charge in [-0.25, -0.2) is 0 Å². The summed E-state index contributed by atoms with van der Waals surface area (Å²) in [6.07, 6.45) is 0. The number of carbonyl (C=O) groups excluding carboxylic acids is 1. The summed E-state index contributed by atoms with van der Waals surface area (Å²) in [4.78, 5) is 13.6. The Bertz CT molecular complexity index is 357. The molecular weight excluding hydrogens is 162 g/mol. The van der Waals surface area contributed by atoms with Crippen LogP contribution in [0.25, 0.3) is 0 Å². The van der Waals surface area contributed by atoms with Crippen LogP contribution in [0.3, 0.4) is 0 Å². The van der Waals surface area contributed by atoms with Crippen LogP contribution in [0.4, 0.5) is 0 Å². The molecule has 1 aromatic carbocycles. The van der Waals surface area contributed by atoms with Crippen LogP contribution in [0.1, 0.15) is 28.4 Å². The Balaban J connectivity index is 2.50. The average molecular weight is 175 g/mol. The van der Waals surface area contributed by atoms with Crippen LogP contribution in [-0.2, 0) is 6.54 Å². The van der Waals surface area contributed by atoms with E-state index in [2.05, 4.69) is 0 Å². The Labute approximate surface area is 78.2 Å². The second-order valence-electron chi connectivity index (χ2n) is 3.43. The Morgan fingerprint density at radius 3 is 2.85 bits per heavy atom. The fourth-order valence-corrected chi connectivity index (χ4v) is 1.86. The van der Waals surface area contributed by atoms with E-state index < -0.39 is 0 Å². The van der Waals surface area contributed by atoms with Crippen molar-refractivity contribution in [1.29, 1.82) is 0 Å². The van der Waals surface area contributed by atoms with Crippen molar-refractivity contribution in [1.82, 2.24) is 4.90 Å². The van der Waals surface area contributed by atoms with Crippen molar-refractivity contribution in [3.8, 4) is 0 Å². The van der Waals surface area contributed by atoms with Gasteiger partial charge in [0.05, 0.1) is 0 Å². The monoisotopic (exact) mass is 175 g/mol. The predicted octanol–water partition coefficient (Wildman–Crippen LogP) is 1.97. The number of carbonyl (C=O) groups is 1. The summed E-state index contributed by atoms with van der Waals surface area (Å²) >= 11 is 0. The van der Waals surface area contributed by atoms with Gasteiger partial charge in [0, 0.05) is 18.7 Å². The van der Waals surface area contributed by atoms with E-state index in [-0.39, 0.29) is 5.91 Å². The van der Waals surface area contributed by atoms with E-state index in [1.165, 1.54) is 5.56 Å². The van der Waals surface area contributed by atoms with E-state index in [0.29, 0.717) is 0 Å². The van der Waals surface area contributed by atoms with Gasteiger partial charge in [0.1, 0.15) is 0 Å². The standard InChI is InChI=1S/C11H13NO/c1-3-12-7-9-6-4-5-8(2)10(9)11(12)13/h4-6H,3,7H2,1-2H3. The maximum absolute atomic E-state index is 11.8. The molecule has 13 heavy (non-hydrogen) atoms. The first-order chi connectivity index (χ1) is 6.24. The minimum atomic E-state index is 0.190. The smallest absolute Gasteiger partial charge is 0.254 e. The topological polar surface area (TPSA) is 20.3 Å². The molecule has 1 heterocycles. The summed E-state index contributed by atoms with van der Waals surface area (Å²) in [6, 6.07) is 6.05. The highest BCUT2D eigenvalue weighted by Gasteiger charge is 2.26. The summed E-state index contributed by atoms with van der Waals surface area (Å²) in [5.74, 6) is 0.190. The molecule has 2 heteroatoms. The molecule has 0 atom stereocenters. The van der Waals surface area contributed by atoms with Crippen LogP contribution < -0.4 is 0 Å². The molecule has 0 N–H and O–H groups in total. The van der Waals surface area contributed by atoms with E-state index in [9.17, 15) is 4.79 Å². The van der Waals surface area contributed by atoms with Crippen LogP contribution in [-0.4, -0.2) is 17.4 Å². The predicted molar refractivity (Wildman–Crippen MR) is 51.6 cm³/mol. The van der Waals surface area contributed by atoms with Gasteiger partial charge in [-0.15, -0.1) is 0 Å². The van der Waals surface area contributed by atoms with Crippen molar-refractivity contribution >= 4 is 5.91 Å². The molecule has 68 valence electrons. The maximum Gasteiger partial charge on any atom is 0.254 e. The first-order valence-electron chi connectivity index (χ1n) is 4.61. The summed E-state index contributed by atoms with van der Waals surface area (Å²) in [7, 11) is 0. The highest BCUT2D eigenvalue weighted by molar-refractivity contribution is 5.99. The van der Waals surface area contributed by atoms with Gasteiger partial charge in [-0.1, -0.05) is 18.2 Å². The van der Waals surface area contributed by atoms with Gasteiger partial charge in [-0.3, -0.25) is 4.79 Å². The third-order valence-electron chi connectivity index (χ3n) is 2.60. The van der Waals surface area contributed by atoms with Gasteiger partial charge in [0.2, 0.25) is 0 Å². The van der Waals surface area contributed by atoms with E-state index in [4.69, 9.17) is 0 Å². The Hall–Kier alpha value is -1.31. The molecule has 1 amide bonds. The zero-order valence-corrected chi connectivity index (χ0v) is 8.00. The molecule has 1 aromatic rings. The van der Waals surface area contributed by atoms with Gasteiger partial charge in [0.15, 0.2) is 0 Å². The number of benzene rings is 1. The first kappa shape index (κ1) is 8.30. The lowest BCUT2D eigenvalue weighted by Gasteiger charge is -2.11. The molecular formula is C11H13NO. The van der Waals surface area contributed by atoms with Gasteiger partial charge in [-0.05, 0) is 25.0 Å². The fourth-order valence-electron chi connectivity index (χ4n) is 1.86. The van der Waals surface area contributed by atoms with Gasteiger partial charge < -0.3 is 4.90 Å². The van der Waals surface area contributed by atoms with Crippen molar-refractivity contribution in [2.45, 2.75) is 20.4 Å². The highest BCUT2D eigenvalue weighted by Crippen LogP contribution is 2.24. The Morgan fingerprint density at radius 2 is 2.23 bits per heavy atom. The SMILES string of the molecule is CCN1Cc2cccc(C)c2C1=O. The molecule has 0 aliphatic carbocycles. The molecule has 0 radical (unpaired) electrons. The van der Waals surface area contributed by atoms with E-state index in [0.717, 1.165) is 24.2 Å². The molecule has 0 bridgehead atoms. The van der Waals surface area contributed by atoms with Crippen molar-refractivity contribution in [2.75, 3.05) is 6.54 Å². The van der Waals surface area contributed by atoms with Gasteiger partial charge in [0.25, 0.3) is 5.91 Å². The summed E-state index contributed by atoms with van der Waals surface area (Å²) in [6.45, 7) is 5.59. The van der Waals surface area contributed by atoms with Crippen LogP contribution in [0.5, 0.6) is 0 Å². The number of rotatable bonds is 1. The largest absolute Gasteiger partial charge is 0.335 e. The lowest BCUT2D eigenvalue weighted by Crippen LogP contribution is -2.23. The first-order valence-corrected chi connectivity index (χ1v) is 4.61. The van der Waals surface area contributed by atoms with Crippen LogP contribution >= 0.6 is 0 Å². The minimum Gasteiger partial charge on any atom is -0.335 e. The average Bonchev–Trinajstić information content (AvgIpc) is 2.44. The molecule has 1 aliphatic heterocycles. The third kappa shape index (κ3) is 1.13. The van der Waals surface area contributed by atoms with Gasteiger partial charge in [-0.2, -0.15) is 0 Å². The Kier molecular flexibility index (Phi) is 1.83. The summed E-state index contributed by atoms with van der Waals surface area (Å²) in [5.41, 5.74) is 3.19. The molecule has 0 spiro atoms. The van der Waals surface area contributed by atoms with Crippen LogP contribution in [0.2, 0.25) is 0 Å². The summed E-state index contributed by atoms with van der Waals surface area (Å²) in [5, 5.41) is 0. The number of nitrogens with zero attached hydrogens (tertiary/aromatic N) is 1. The van der Waals surface area contributed by atoms with Crippen molar-refractivity contribution in [3.05, 3.63) is 34.9 Å². The third-order valence-corrected chi connectivity index (χ3v) is 2.60. The lowest BCUT2D eigenvalue weighted by molar-refractivity contribution is 0.0786. The zero-order valence-electron chi connectivity index (χ0n) is 8.00.